The minimum Gasteiger partial charge on any atom is -0.386 e. The predicted molar refractivity (Wildman–Crippen MR) is 143 cm³/mol. The smallest absolute Gasteiger partial charge is 0.227 e. The Hall–Kier alpha value is -3.92. The zero-order valence-corrected chi connectivity index (χ0v) is 20.7. The molecule has 2 aromatic heterocycles. The number of anilines is 5. The van der Waals surface area contributed by atoms with Gasteiger partial charge >= 0.3 is 0 Å². The van der Waals surface area contributed by atoms with Crippen molar-refractivity contribution in [3.8, 4) is 11.1 Å². The van der Waals surface area contributed by atoms with Crippen molar-refractivity contribution in [2.75, 3.05) is 53.8 Å². The van der Waals surface area contributed by atoms with Crippen LogP contribution < -0.4 is 20.4 Å². The monoisotopic (exact) mass is 488 g/mol. The van der Waals surface area contributed by atoms with Crippen molar-refractivity contribution in [3.63, 3.8) is 0 Å². The molecule has 1 amide bonds. The van der Waals surface area contributed by atoms with E-state index in [1.54, 1.807) is 6.20 Å². The molecule has 0 spiro atoms. The number of hydrogen-bond donors (Lipinski definition) is 4. The van der Waals surface area contributed by atoms with Crippen molar-refractivity contribution >= 4 is 41.0 Å². The Morgan fingerprint density at radius 1 is 1.22 bits per heavy atom. The van der Waals surface area contributed by atoms with Crippen LogP contribution in [0.25, 0.3) is 11.1 Å². The van der Waals surface area contributed by atoms with E-state index in [1.807, 2.05) is 42.3 Å². The number of aromatic amines is 1. The summed E-state index contributed by atoms with van der Waals surface area (Å²) >= 11 is 0. The molecule has 10 heteroatoms. The highest BCUT2D eigenvalue weighted by atomic mass is 16.5. The SMILES string of the molecule is CNc1cc(-c2cc(N3CCOC[C@H]3C)nc(Nc3ccn[nH]3)c2C=N)ccc1N1CCCCC1=O. The summed E-state index contributed by atoms with van der Waals surface area (Å²) in [5.74, 6) is 2.24. The van der Waals surface area contributed by atoms with E-state index in [0.717, 1.165) is 54.3 Å². The molecule has 3 aromatic rings. The summed E-state index contributed by atoms with van der Waals surface area (Å²) in [6.45, 7) is 4.86. The van der Waals surface area contributed by atoms with Crippen LogP contribution in [-0.2, 0) is 9.53 Å². The van der Waals surface area contributed by atoms with Gasteiger partial charge < -0.3 is 30.6 Å². The van der Waals surface area contributed by atoms with Gasteiger partial charge in [0.05, 0.1) is 36.8 Å². The molecule has 2 saturated heterocycles. The number of amides is 1. The van der Waals surface area contributed by atoms with Crippen LogP contribution >= 0.6 is 0 Å². The third-order valence-electron chi connectivity index (χ3n) is 6.80. The number of carbonyl (C=O) groups excluding carboxylic acids is 1. The van der Waals surface area contributed by atoms with Gasteiger partial charge in [-0.05, 0) is 49.1 Å². The largest absolute Gasteiger partial charge is 0.386 e. The molecule has 2 fully saturated rings. The number of H-pyrrole nitrogens is 1. The van der Waals surface area contributed by atoms with Gasteiger partial charge in [0.1, 0.15) is 17.5 Å². The minimum atomic E-state index is 0.157. The molecule has 1 atom stereocenters. The Bertz CT molecular complexity index is 1240. The maximum absolute atomic E-state index is 12.6. The Morgan fingerprint density at radius 2 is 2.11 bits per heavy atom. The topological polar surface area (TPSA) is 122 Å². The number of ether oxygens (including phenoxy) is 1. The van der Waals surface area contributed by atoms with Crippen molar-refractivity contribution in [1.29, 1.82) is 5.41 Å². The van der Waals surface area contributed by atoms with Crippen LogP contribution in [0.15, 0.2) is 36.5 Å². The van der Waals surface area contributed by atoms with E-state index in [-0.39, 0.29) is 11.9 Å². The number of nitrogens with one attached hydrogen (secondary N) is 4. The number of morpholine rings is 1. The molecule has 2 aliphatic heterocycles. The summed E-state index contributed by atoms with van der Waals surface area (Å²) in [6.07, 6.45) is 5.52. The van der Waals surface area contributed by atoms with Crippen molar-refractivity contribution in [3.05, 3.63) is 42.1 Å². The van der Waals surface area contributed by atoms with Crippen LogP contribution in [0.3, 0.4) is 0 Å². The molecule has 36 heavy (non-hydrogen) atoms. The number of rotatable bonds is 7. The normalized spacial score (nSPS) is 18.3. The fraction of sp³-hybridized carbons (Fsp3) is 0.385. The van der Waals surface area contributed by atoms with E-state index in [1.165, 1.54) is 6.21 Å². The Labute approximate surface area is 210 Å². The number of aromatic nitrogens is 3. The second kappa shape index (κ2) is 10.4. The third kappa shape index (κ3) is 4.64. The Morgan fingerprint density at radius 3 is 2.83 bits per heavy atom. The van der Waals surface area contributed by atoms with Crippen molar-refractivity contribution < 1.29 is 9.53 Å². The zero-order valence-electron chi connectivity index (χ0n) is 20.7. The minimum absolute atomic E-state index is 0.157. The number of benzene rings is 1. The lowest BCUT2D eigenvalue weighted by atomic mass is 9.98. The maximum atomic E-state index is 12.6. The number of nitrogens with zero attached hydrogens (tertiary/aromatic N) is 4. The van der Waals surface area contributed by atoms with Crippen LogP contribution in [0, 0.1) is 5.41 Å². The standard InChI is InChI=1S/C26H32N8O2/c1-17-16-36-12-11-33(17)24-14-19(20(15-27)26(31-24)30-23-8-9-29-32-23)18-6-7-22(21(13-18)28-2)34-10-4-3-5-25(34)35/h6-9,13-15,17,27-28H,3-5,10-12,16H2,1-2H3,(H2,29,30,31,32)/t17-/m1/s1. The van der Waals surface area contributed by atoms with Gasteiger partial charge in [-0.15, -0.1) is 0 Å². The highest BCUT2D eigenvalue weighted by Gasteiger charge is 2.25. The predicted octanol–water partition coefficient (Wildman–Crippen LogP) is 4.00. The van der Waals surface area contributed by atoms with Gasteiger partial charge in [-0.25, -0.2) is 4.98 Å². The maximum Gasteiger partial charge on any atom is 0.227 e. The first-order chi connectivity index (χ1) is 17.6. The number of piperidine rings is 1. The molecule has 2 aliphatic rings. The average molecular weight is 489 g/mol. The van der Waals surface area contributed by atoms with Crippen molar-refractivity contribution in [1.82, 2.24) is 15.2 Å². The van der Waals surface area contributed by atoms with Crippen molar-refractivity contribution in [2.45, 2.75) is 32.2 Å². The molecule has 4 N–H and O–H groups in total. The number of carbonyl (C=O) groups is 1. The lowest BCUT2D eigenvalue weighted by Crippen LogP contribution is -2.44. The summed E-state index contributed by atoms with van der Waals surface area (Å²) in [4.78, 5) is 21.6. The average Bonchev–Trinajstić information content (AvgIpc) is 3.41. The van der Waals surface area contributed by atoms with Crippen LogP contribution in [0.4, 0.5) is 28.8 Å². The van der Waals surface area contributed by atoms with Crippen LogP contribution in [0.1, 0.15) is 31.7 Å². The molecule has 0 bridgehead atoms. The van der Waals surface area contributed by atoms with E-state index < -0.39 is 0 Å². The number of hydrogen-bond acceptors (Lipinski definition) is 8. The molecule has 5 rings (SSSR count). The molecule has 0 unspecified atom stereocenters. The first-order valence-corrected chi connectivity index (χ1v) is 12.4. The lowest BCUT2D eigenvalue weighted by molar-refractivity contribution is -0.119. The van der Waals surface area contributed by atoms with Gasteiger partial charge in [-0.1, -0.05) is 6.07 Å². The molecular formula is C26H32N8O2. The number of pyridine rings is 1. The summed E-state index contributed by atoms with van der Waals surface area (Å²) < 4.78 is 5.64. The molecule has 10 nitrogen and oxygen atoms in total. The van der Waals surface area contributed by atoms with Gasteiger partial charge in [0.15, 0.2) is 0 Å². The van der Waals surface area contributed by atoms with Gasteiger partial charge in [-0.3, -0.25) is 9.89 Å². The van der Waals surface area contributed by atoms with Crippen molar-refractivity contribution in [2.24, 2.45) is 0 Å². The van der Waals surface area contributed by atoms with E-state index >= 15 is 0 Å². The zero-order chi connectivity index (χ0) is 25.1. The molecule has 0 aliphatic carbocycles. The fourth-order valence-corrected chi connectivity index (χ4v) is 4.89. The van der Waals surface area contributed by atoms with Gasteiger partial charge in [0, 0.05) is 44.4 Å². The van der Waals surface area contributed by atoms with Crippen LogP contribution in [-0.4, -0.2) is 66.7 Å². The quantitative estimate of drug-likeness (QED) is 0.371. The third-order valence-corrected chi connectivity index (χ3v) is 6.80. The second-order valence-corrected chi connectivity index (χ2v) is 9.13. The van der Waals surface area contributed by atoms with E-state index in [0.29, 0.717) is 36.8 Å². The summed E-state index contributed by atoms with van der Waals surface area (Å²) in [7, 11) is 1.87. The molecule has 188 valence electrons. The van der Waals surface area contributed by atoms with E-state index in [2.05, 4.69) is 32.7 Å². The molecule has 0 saturated carbocycles. The van der Waals surface area contributed by atoms with E-state index in [4.69, 9.17) is 15.1 Å². The fourth-order valence-electron chi connectivity index (χ4n) is 4.89. The first-order valence-electron chi connectivity index (χ1n) is 12.4. The summed E-state index contributed by atoms with van der Waals surface area (Å²) in [6, 6.07) is 10.1. The Kier molecular flexibility index (Phi) is 6.86. The van der Waals surface area contributed by atoms with Crippen LogP contribution in [0.2, 0.25) is 0 Å². The van der Waals surface area contributed by atoms with Gasteiger partial charge in [0.2, 0.25) is 5.91 Å². The summed E-state index contributed by atoms with van der Waals surface area (Å²) in [5.41, 5.74) is 4.24. The van der Waals surface area contributed by atoms with E-state index in [9.17, 15) is 4.79 Å². The lowest BCUT2D eigenvalue weighted by Gasteiger charge is -2.35. The highest BCUT2D eigenvalue weighted by Crippen LogP contribution is 2.37. The summed E-state index contributed by atoms with van der Waals surface area (Å²) in [5, 5.41) is 21.8. The van der Waals surface area contributed by atoms with Gasteiger partial charge in [-0.2, -0.15) is 5.10 Å². The van der Waals surface area contributed by atoms with Crippen LogP contribution in [0.5, 0.6) is 0 Å². The molecule has 0 radical (unpaired) electrons. The molecule has 1 aromatic carbocycles. The van der Waals surface area contributed by atoms with Gasteiger partial charge in [0.25, 0.3) is 0 Å². The second-order valence-electron chi connectivity index (χ2n) is 9.13. The first kappa shape index (κ1) is 23.8. The molecule has 4 heterocycles. The Balaban J connectivity index is 1.62. The highest BCUT2D eigenvalue weighted by molar-refractivity contribution is 6.00. The molecular weight excluding hydrogens is 456 g/mol.